The normalized spacial score (nSPS) is 14.9. The number of hydrogen-bond donors (Lipinski definition) is 2. The third-order valence-corrected chi connectivity index (χ3v) is 4.62. The Morgan fingerprint density at radius 3 is 2.54 bits per heavy atom. The molecular formula is C17H29IN4OS. The van der Waals surface area contributed by atoms with Gasteiger partial charge in [-0.3, -0.25) is 0 Å². The van der Waals surface area contributed by atoms with Gasteiger partial charge in [-0.25, -0.2) is 4.99 Å². The largest absolute Gasteiger partial charge is 0.383 e. The van der Waals surface area contributed by atoms with Gasteiger partial charge < -0.3 is 20.3 Å². The zero-order valence-corrected chi connectivity index (χ0v) is 17.7. The molecule has 0 bridgehead atoms. The van der Waals surface area contributed by atoms with Gasteiger partial charge in [0.1, 0.15) is 0 Å². The van der Waals surface area contributed by atoms with E-state index in [1.807, 2.05) is 11.8 Å². The topological polar surface area (TPSA) is 48.9 Å². The van der Waals surface area contributed by atoms with Crippen LogP contribution in [0, 0.1) is 0 Å². The summed E-state index contributed by atoms with van der Waals surface area (Å²) in [5.74, 6) is 3.29. The monoisotopic (exact) mass is 464 g/mol. The number of hydrogen-bond acceptors (Lipinski definition) is 4. The van der Waals surface area contributed by atoms with Gasteiger partial charge in [-0.2, -0.15) is 11.8 Å². The lowest BCUT2D eigenvalue weighted by atomic mass is 10.2. The molecule has 5 nitrogen and oxygen atoms in total. The highest BCUT2D eigenvalue weighted by Crippen LogP contribution is 2.20. The highest BCUT2D eigenvalue weighted by Gasteiger charge is 2.10. The molecule has 0 spiro atoms. The van der Waals surface area contributed by atoms with E-state index in [0.717, 1.165) is 32.1 Å². The van der Waals surface area contributed by atoms with E-state index < -0.39 is 0 Å². The van der Waals surface area contributed by atoms with Crippen LogP contribution < -0.4 is 15.5 Å². The maximum atomic E-state index is 5.05. The van der Waals surface area contributed by atoms with Gasteiger partial charge in [0.2, 0.25) is 0 Å². The minimum atomic E-state index is 0. The fraction of sp³-hybridized carbons (Fsp3) is 0.588. The molecule has 1 aliphatic rings. The summed E-state index contributed by atoms with van der Waals surface area (Å²) < 4.78 is 5.05. The van der Waals surface area contributed by atoms with Crippen LogP contribution in [0.4, 0.5) is 5.69 Å². The van der Waals surface area contributed by atoms with E-state index in [-0.39, 0.29) is 24.0 Å². The number of thioether (sulfide) groups is 1. The van der Waals surface area contributed by atoms with Crippen LogP contribution in [0.1, 0.15) is 12.5 Å². The lowest BCUT2D eigenvalue weighted by molar-refractivity contribution is 0.203. The van der Waals surface area contributed by atoms with Crippen molar-refractivity contribution in [2.45, 2.75) is 13.5 Å². The van der Waals surface area contributed by atoms with E-state index in [1.165, 1.54) is 22.8 Å². The molecule has 0 unspecified atom stereocenters. The number of ether oxygens (including phenoxy) is 1. The van der Waals surface area contributed by atoms with E-state index in [1.54, 1.807) is 7.11 Å². The Hall–Kier alpha value is -0.670. The van der Waals surface area contributed by atoms with Crippen molar-refractivity contribution < 1.29 is 4.74 Å². The van der Waals surface area contributed by atoms with Crippen molar-refractivity contribution in [2.75, 3.05) is 56.3 Å². The molecule has 0 amide bonds. The molecule has 1 heterocycles. The molecule has 24 heavy (non-hydrogen) atoms. The number of nitrogens with one attached hydrogen (secondary N) is 2. The fourth-order valence-electron chi connectivity index (χ4n) is 2.42. The molecule has 136 valence electrons. The molecule has 1 aromatic carbocycles. The second-order valence-corrected chi connectivity index (χ2v) is 6.61. The predicted molar refractivity (Wildman–Crippen MR) is 116 cm³/mol. The molecule has 2 N–H and O–H groups in total. The molecule has 1 saturated heterocycles. The Kier molecular flexibility index (Phi) is 11.3. The van der Waals surface area contributed by atoms with Crippen molar-refractivity contribution in [3.8, 4) is 0 Å². The summed E-state index contributed by atoms with van der Waals surface area (Å²) in [5.41, 5.74) is 2.55. The quantitative estimate of drug-likeness (QED) is 0.281. The number of methoxy groups -OCH3 is 1. The maximum Gasteiger partial charge on any atom is 0.191 e. The first-order chi connectivity index (χ1) is 11.3. The molecule has 0 atom stereocenters. The fourth-order valence-corrected chi connectivity index (χ4v) is 3.32. The minimum Gasteiger partial charge on any atom is -0.383 e. The summed E-state index contributed by atoms with van der Waals surface area (Å²) in [4.78, 5) is 7.08. The van der Waals surface area contributed by atoms with E-state index in [9.17, 15) is 0 Å². The SMILES string of the molecule is CCNC(=NCc1ccc(N2CCSCC2)cc1)NCCOC.I. The average molecular weight is 464 g/mol. The third kappa shape index (κ3) is 7.48. The van der Waals surface area contributed by atoms with Gasteiger partial charge in [-0.05, 0) is 24.6 Å². The van der Waals surface area contributed by atoms with Crippen LogP contribution in [0.25, 0.3) is 0 Å². The highest BCUT2D eigenvalue weighted by molar-refractivity contribution is 14.0. The molecule has 0 radical (unpaired) electrons. The van der Waals surface area contributed by atoms with Gasteiger partial charge in [0, 0.05) is 50.5 Å². The van der Waals surface area contributed by atoms with Gasteiger partial charge in [0.25, 0.3) is 0 Å². The van der Waals surface area contributed by atoms with E-state index >= 15 is 0 Å². The van der Waals surface area contributed by atoms with Crippen LogP contribution in [0.2, 0.25) is 0 Å². The number of benzene rings is 1. The molecule has 1 aromatic rings. The number of halogens is 1. The first kappa shape index (κ1) is 21.4. The van der Waals surface area contributed by atoms with Crippen LogP contribution in [-0.4, -0.2) is 57.4 Å². The van der Waals surface area contributed by atoms with Gasteiger partial charge >= 0.3 is 0 Å². The van der Waals surface area contributed by atoms with Crippen molar-refractivity contribution in [3.05, 3.63) is 29.8 Å². The minimum absolute atomic E-state index is 0. The second-order valence-electron chi connectivity index (χ2n) is 5.38. The molecule has 0 aliphatic carbocycles. The van der Waals surface area contributed by atoms with Crippen molar-refractivity contribution in [2.24, 2.45) is 4.99 Å². The van der Waals surface area contributed by atoms with Crippen LogP contribution >= 0.6 is 35.7 Å². The third-order valence-electron chi connectivity index (χ3n) is 3.68. The standard InChI is InChI=1S/C17H28N4OS.HI/c1-3-18-17(19-8-11-22-2)20-14-15-4-6-16(7-5-15)21-9-12-23-13-10-21;/h4-7H,3,8-14H2,1-2H3,(H2,18,19,20);1H. The summed E-state index contributed by atoms with van der Waals surface area (Å²) in [6.07, 6.45) is 0. The number of aliphatic imine (C=N–C) groups is 1. The van der Waals surface area contributed by atoms with E-state index in [2.05, 4.69) is 51.7 Å². The maximum absolute atomic E-state index is 5.05. The molecule has 7 heteroatoms. The number of guanidine groups is 1. The molecule has 1 fully saturated rings. The van der Waals surface area contributed by atoms with Crippen LogP contribution in [0.5, 0.6) is 0 Å². The summed E-state index contributed by atoms with van der Waals surface area (Å²) in [7, 11) is 1.70. The molecule has 0 aromatic heterocycles. The van der Waals surface area contributed by atoms with Crippen molar-refractivity contribution in [3.63, 3.8) is 0 Å². The second kappa shape index (κ2) is 12.7. The van der Waals surface area contributed by atoms with Crippen molar-refractivity contribution in [1.82, 2.24) is 10.6 Å². The average Bonchev–Trinajstić information content (AvgIpc) is 2.61. The van der Waals surface area contributed by atoms with Gasteiger partial charge in [-0.1, -0.05) is 12.1 Å². The number of rotatable bonds is 7. The molecule has 0 saturated carbocycles. The first-order valence-electron chi connectivity index (χ1n) is 8.26. The lowest BCUT2D eigenvalue weighted by Gasteiger charge is -2.28. The summed E-state index contributed by atoms with van der Waals surface area (Å²) in [6.45, 7) is 7.33. The first-order valence-corrected chi connectivity index (χ1v) is 9.41. The molecule has 2 rings (SSSR count). The van der Waals surface area contributed by atoms with Crippen molar-refractivity contribution in [1.29, 1.82) is 0 Å². The van der Waals surface area contributed by atoms with Gasteiger partial charge in [0.05, 0.1) is 13.2 Å². The van der Waals surface area contributed by atoms with Crippen LogP contribution in [-0.2, 0) is 11.3 Å². The lowest BCUT2D eigenvalue weighted by Crippen LogP contribution is -2.38. The highest BCUT2D eigenvalue weighted by atomic mass is 127. The summed E-state index contributed by atoms with van der Waals surface area (Å²) in [5, 5.41) is 6.51. The summed E-state index contributed by atoms with van der Waals surface area (Å²) >= 11 is 2.04. The van der Waals surface area contributed by atoms with Crippen molar-refractivity contribution >= 4 is 47.4 Å². The van der Waals surface area contributed by atoms with E-state index in [0.29, 0.717) is 13.2 Å². The van der Waals surface area contributed by atoms with Gasteiger partial charge in [-0.15, -0.1) is 24.0 Å². The number of anilines is 1. The molecule has 1 aliphatic heterocycles. The predicted octanol–water partition coefficient (Wildman–Crippen LogP) is 2.56. The zero-order valence-electron chi connectivity index (χ0n) is 14.6. The smallest absolute Gasteiger partial charge is 0.191 e. The Labute approximate surface area is 167 Å². The van der Waals surface area contributed by atoms with Crippen LogP contribution in [0.3, 0.4) is 0 Å². The Bertz CT molecular complexity index is 478. The number of nitrogens with zero attached hydrogens (tertiary/aromatic N) is 2. The van der Waals surface area contributed by atoms with Crippen LogP contribution in [0.15, 0.2) is 29.3 Å². The Morgan fingerprint density at radius 1 is 1.21 bits per heavy atom. The Morgan fingerprint density at radius 2 is 1.92 bits per heavy atom. The molecular weight excluding hydrogens is 435 g/mol. The summed E-state index contributed by atoms with van der Waals surface area (Å²) in [6, 6.07) is 8.79. The zero-order chi connectivity index (χ0) is 16.3. The van der Waals surface area contributed by atoms with E-state index in [4.69, 9.17) is 4.74 Å². The van der Waals surface area contributed by atoms with Gasteiger partial charge in [0.15, 0.2) is 5.96 Å². The Balaban J connectivity index is 0.00000288.